The number of pyridine rings is 1. The quantitative estimate of drug-likeness (QED) is 0.208. The summed E-state index contributed by atoms with van der Waals surface area (Å²) < 4.78 is 21.1. The lowest BCUT2D eigenvalue weighted by Crippen LogP contribution is -2.47. The minimum absolute atomic E-state index is 0.0587. The van der Waals surface area contributed by atoms with Crippen LogP contribution in [0, 0.1) is 11.2 Å². The molecule has 1 amide bonds. The highest BCUT2D eigenvalue weighted by atomic mass is 19.1. The van der Waals surface area contributed by atoms with E-state index in [0.717, 1.165) is 41.0 Å². The molecule has 2 N–H and O–H groups in total. The van der Waals surface area contributed by atoms with Crippen molar-refractivity contribution in [2.45, 2.75) is 76.5 Å². The predicted molar refractivity (Wildman–Crippen MR) is 179 cm³/mol. The molecule has 6 rings (SSSR count). The lowest BCUT2D eigenvalue weighted by Gasteiger charge is -2.45. The number of benzene rings is 2. The molecule has 2 aromatic carbocycles. The average molecular weight is 639 g/mol. The molecule has 9 heteroatoms. The van der Waals surface area contributed by atoms with E-state index in [1.165, 1.54) is 17.7 Å². The lowest BCUT2D eigenvalue weighted by molar-refractivity contribution is -0.133. The van der Waals surface area contributed by atoms with E-state index in [0.29, 0.717) is 37.0 Å². The van der Waals surface area contributed by atoms with Crippen LogP contribution in [0.15, 0.2) is 78.6 Å². The number of carbonyl (C=O) groups is 1. The topological polar surface area (TPSA) is 101 Å². The van der Waals surface area contributed by atoms with Gasteiger partial charge in [0.25, 0.3) is 0 Å². The Morgan fingerprint density at radius 3 is 2.60 bits per heavy atom. The highest BCUT2D eigenvalue weighted by Crippen LogP contribution is 2.59. The maximum Gasteiger partial charge on any atom is 0.227 e. The zero-order chi connectivity index (χ0) is 33.3. The lowest BCUT2D eigenvalue weighted by atomic mass is 9.63. The molecule has 0 spiro atoms. The predicted octanol–water partition coefficient (Wildman–Crippen LogP) is 6.03. The summed E-state index contributed by atoms with van der Waals surface area (Å²) in [6.45, 7) is 3.97. The smallest absolute Gasteiger partial charge is 0.227 e. The number of aliphatic hydroxyl groups excluding tert-OH is 1. The highest BCUT2D eigenvalue weighted by Gasteiger charge is 2.56. The number of carbonyl (C=O) groups excluding carboxylic acids is 1. The van der Waals surface area contributed by atoms with E-state index in [1.807, 2.05) is 48.1 Å². The molecular formula is C38H43FN4O4. The Hall–Kier alpha value is -4.34. The first-order valence-corrected chi connectivity index (χ1v) is 16.4. The van der Waals surface area contributed by atoms with Crippen LogP contribution in [0.2, 0.25) is 0 Å². The Balaban J connectivity index is 1.22. The number of halogens is 1. The monoisotopic (exact) mass is 638 g/mol. The molecule has 47 heavy (non-hydrogen) atoms. The number of amides is 1. The van der Waals surface area contributed by atoms with Crippen LogP contribution in [-0.4, -0.2) is 61.6 Å². The number of fused-ring (bicyclic) bond motifs is 2. The molecule has 0 saturated heterocycles. The van der Waals surface area contributed by atoms with E-state index in [2.05, 4.69) is 23.1 Å². The standard InChI is InChI=1S/C38H43FN4O4/c1-5-37-23-27-24-41-43(30-13-11-29(39)12-14-30)33(27)21-28(37)15-18-38(37,46)19-16-32-31(34(47-4)17-20-40-32)22-35(44)42(3)25(2)36(45)26-9-7-6-8-10-26/h6-14,17,20-21,24-25,36,45-46H,5,15-16,18-19,22-23H2,1-4H3/t25-,36-,37+,38-/m1/s1. The van der Waals surface area contributed by atoms with Crippen LogP contribution in [-0.2, 0) is 24.1 Å². The fourth-order valence-corrected chi connectivity index (χ4v) is 7.69. The zero-order valence-corrected chi connectivity index (χ0v) is 27.5. The Labute approximate surface area is 275 Å². The first kappa shape index (κ1) is 32.6. The largest absolute Gasteiger partial charge is 0.496 e. The van der Waals surface area contributed by atoms with E-state index in [4.69, 9.17) is 4.74 Å². The molecule has 2 aliphatic carbocycles. The van der Waals surface area contributed by atoms with Crippen LogP contribution >= 0.6 is 0 Å². The number of aromatic nitrogens is 3. The Morgan fingerprint density at radius 1 is 1.15 bits per heavy atom. The van der Waals surface area contributed by atoms with Crippen molar-refractivity contribution in [3.63, 3.8) is 0 Å². The van der Waals surface area contributed by atoms with Crippen LogP contribution in [0.4, 0.5) is 4.39 Å². The van der Waals surface area contributed by atoms with Crippen LogP contribution in [0.5, 0.6) is 5.75 Å². The van der Waals surface area contributed by atoms with Gasteiger partial charge in [0.15, 0.2) is 0 Å². The maximum atomic E-state index is 13.6. The first-order chi connectivity index (χ1) is 22.6. The number of aliphatic hydroxyl groups is 2. The van der Waals surface area contributed by atoms with Crippen LogP contribution < -0.4 is 4.74 Å². The normalized spacial score (nSPS) is 21.4. The number of aryl methyl sites for hydroxylation is 1. The van der Waals surface area contributed by atoms with Crippen LogP contribution in [0.1, 0.15) is 73.7 Å². The van der Waals surface area contributed by atoms with Gasteiger partial charge in [-0.05, 0) is 93.0 Å². The van der Waals surface area contributed by atoms with Crippen molar-refractivity contribution < 1.29 is 24.1 Å². The minimum Gasteiger partial charge on any atom is -0.496 e. The molecular weight excluding hydrogens is 595 g/mol. The third-order valence-electron chi connectivity index (χ3n) is 10.7. The van der Waals surface area contributed by atoms with Gasteiger partial charge >= 0.3 is 0 Å². The van der Waals surface area contributed by atoms with Gasteiger partial charge in [0.1, 0.15) is 11.6 Å². The molecule has 0 unspecified atom stereocenters. The van der Waals surface area contributed by atoms with E-state index < -0.39 is 23.2 Å². The Bertz CT molecular complexity index is 1770. The Kier molecular flexibility index (Phi) is 9.05. The molecule has 246 valence electrons. The Morgan fingerprint density at radius 2 is 1.89 bits per heavy atom. The van der Waals surface area contributed by atoms with Crippen molar-refractivity contribution in [2.24, 2.45) is 5.41 Å². The van der Waals surface area contributed by atoms with Crippen LogP contribution in [0.3, 0.4) is 0 Å². The molecule has 0 bridgehead atoms. The van der Waals surface area contributed by atoms with Gasteiger partial charge in [0.05, 0.1) is 48.9 Å². The van der Waals surface area contributed by atoms with Crippen molar-refractivity contribution in [1.82, 2.24) is 19.7 Å². The number of methoxy groups -OCH3 is 1. The second-order valence-corrected chi connectivity index (χ2v) is 13.0. The van der Waals surface area contributed by atoms with Gasteiger partial charge in [-0.1, -0.05) is 42.8 Å². The molecule has 2 aliphatic rings. The second-order valence-electron chi connectivity index (χ2n) is 13.0. The minimum atomic E-state index is -0.986. The summed E-state index contributed by atoms with van der Waals surface area (Å²) in [5, 5.41) is 28.0. The molecule has 2 heterocycles. The van der Waals surface area contributed by atoms with Crippen molar-refractivity contribution >= 4 is 12.0 Å². The molecule has 0 aliphatic heterocycles. The SMILES string of the molecule is CC[C@]12Cc3cnn(-c4ccc(F)cc4)c3C=C1CC[C@@]2(O)CCc1nccc(OC)c1CC(=O)N(C)[C@H](C)[C@@H](O)c1ccccc1. The molecule has 1 fully saturated rings. The average Bonchev–Trinajstić information content (AvgIpc) is 3.64. The van der Waals surface area contributed by atoms with Gasteiger partial charge in [0, 0.05) is 29.9 Å². The fraction of sp³-hybridized carbons (Fsp3) is 0.395. The zero-order valence-electron chi connectivity index (χ0n) is 27.5. The molecule has 2 aromatic heterocycles. The number of rotatable bonds is 11. The second kappa shape index (κ2) is 13.0. The molecule has 8 nitrogen and oxygen atoms in total. The molecule has 1 saturated carbocycles. The highest BCUT2D eigenvalue weighted by molar-refractivity contribution is 5.80. The van der Waals surface area contributed by atoms with Crippen molar-refractivity contribution in [1.29, 1.82) is 0 Å². The van der Waals surface area contributed by atoms with Gasteiger partial charge in [-0.15, -0.1) is 0 Å². The summed E-state index contributed by atoms with van der Waals surface area (Å²) in [5.41, 5.74) is 4.77. The molecule has 0 radical (unpaired) electrons. The fourth-order valence-electron chi connectivity index (χ4n) is 7.69. The summed E-state index contributed by atoms with van der Waals surface area (Å²) in [7, 11) is 3.29. The summed E-state index contributed by atoms with van der Waals surface area (Å²) in [6, 6.07) is 17.0. The van der Waals surface area contributed by atoms with Gasteiger partial charge in [-0.25, -0.2) is 9.07 Å². The van der Waals surface area contributed by atoms with Crippen LogP contribution in [0.25, 0.3) is 11.8 Å². The van der Waals surface area contributed by atoms with Gasteiger partial charge in [-0.2, -0.15) is 5.10 Å². The first-order valence-electron chi connectivity index (χ1n) is 16.4. The molecule has 4 atom stereocenters. The van der Waals surface area contributed by atoms with E-state index in [-0.39, 0.29) is 18.1 Å². The third kappa shape index (κ3) is 5.87. The van der Waals surface area contributed by atoms with E-state index in [9.17, 15) is 19.4 Å². The number of hydrogen-bond donors (Lipinski definition) is 2. The third-order valence-corrected chi connectivity index (χ3v) is 10.7. The number of ether oxygens (including phenoxy) is 1. The van der Waals surface area contributed by atoms with Crippen molar-refractivity contribution in [2.75, 3.05) is 14.2 Å². The van der Waals surface area contributed by atoms with E-state index in [1.54, 1.807) is 43.5 Å². The summed E-state index contributed by atoms with van der Waals surface area (Å²) >= 11 is 0. The van der Waals surface area contributed by atoms with Gasteiger partial charge < -0.3 is 19.8 Å². The number of likely N-dealkylation sites (N-methyl/N-ethyl adjacent to an activating group) is 1. The van der Waals surface area contributed by atoms with Gasteiger partial charge in [-0.3, -0.25) is 9.78 Å². The summed E-state index contributed by atoms with van der Waals surface area (Å²) in [4.78, 5) is 19.9. The van der Waals surface area contributed by atoms with E-state index >= 15 is 0 Å². The summed E-state index contributed by atoms with van der Waals surface area (Å²) in [5.74, 6) is 0.126. The number of nitrogens with zero attached hydrogens (tertiary/aromatic N) is 4. The summed E-state index contributed by atoms with van der Waals surface area (Å²) in [6.07, 6.45) is 8.70. The molecule has 4 aromatic rings. The van der Waals surface area contributed by atoms with Crippen molar-refractivity contribution in [3.8, 4) is 11.4 Å². The number of hydrogen-bond acceptors (Lipinski definition) is 6. The van der Waals surface area contributed by atoms with Gasteiger partial charge in [0.2, 0.25) is 5.91 Å². The van der Waals surface area contributed by atoms with Crippen molar-refractivity contribution in [3.05, 3.63) is 113 Å². The maximum absolute atomic E-state index is 13.6.